The van der Waals surface area contributed by atoms with E-state index in [2.05, 4.69) is 146 Å². The molecule has 0 aliphatic rings. The Morgan fingerprint density at radius 2 is 0.758 bits per heavy atom. The van der Waals surface area contributed by atoms with Gasteiger partial charge in [0, 0.05) is 0 Å². The third-order valence-electron chi connectivity index (χ3n) is 6.08. The number of benzene rings is 6. The topological polar surface area (TPSA) is 0 Å². The predicted octanol–water partition coefficient (Wildman–Crippen LogP) is 9.32. The first kappa shape index (κ1) is 20.7. The van der Waals surface area contributed by atoms with E-state index in [0.29, 0.717) is 0 Å². The van der Waals surface area contributed by atoms with Crippen LogP contribution < -0.4 is 0 Å². The van der Waals surface area contributed by atoms with Crippen molar-refractivity contribution in [1.29, 1.82) is 0 Å². The van der Waals surface area contributed by atoms with Gasteiger partial charge in [-0.15, -0.1) is 0 Å². The minimum absolute atomic E-state index is 1.27. The summed E-state index contributed by atoms with van der Waals surface area (Å²) in [5.41, 5.74) is 6.45. The summed E-state index contributed by atoms with van der Waals surface area (Å²) in [4.78, 5) is 0. The molecule has 6 aromatic carbocycles. The van der Waals surface area contributed by atoms with E-state index in [-0.39, 0.29) is 0 Å². The smallest absolute Gasteiger partial charge is 0.0103 e. The molecule has 0 fully saturated rings. The van der Waals surface area contributed by atoms with Gasteiger partial charge < -0.3 is 0 Å². The lowest BCUT2D eigenvalue weighted by Gasteiger charge is -2.13. The van der Waals surface area contributed by atoms with Crippen LogP contribution in [0.2, 0.25) is 0 Å². The van der Waals surface area contributed by atoms with Crippen LogP contribution in [-0.2, 0) is 0 Å². The molecular weight excluding hydrogens is 396 g/mol. The van der Waals surface area contributed by atoms with Crippen molar-refractivity contribution in [2.45, 2.75) is 6.92 Å². The van der Waals surface area contributed by atoms with Crippen LogP contribution in [0.3, 0.4) is 0 Å². The molecule has 0 nitrogen and oxygen atoms in total. The van der Waals surface area contributed by atoms with Gasteiger partial charge in [-0.25, -0.2) is 0 Å². The van der Waals surface area contributed by atoms with Crippen LogP contribution in [-0.4, -0.2) is 0 Å². The molecule has 0 heterocycles. The molecule has 0 unspecified atom stereocenters. The standard InChI is InChI=1S/C23H18.C10H8/c1-17-8-2-5-11-21(17)23-13-7-6-12-22(23)20-15-14-18-9-3-4-10-19(18)16-20;1-2-6-10-8-4-3-7-9(10)5-1/h2-16H,1H3;1-8H. The summed E-state index contributed by atoms with van der Waals surface area (Å²) in [5, 5.41) is 5.18. The Kier molecular flexibility index (Phi) is 5.99. The maximum atomic E-state index is 2.28. The van der Waals surface area contributed by atoms with Crippen LogP contribution >= 0.6 is 0 Å². The fraction of sp³-hybridized carbons (Fsp3) is 0.0303. The molecule has 0 bridgehead atoms. The van der Waals surface area contributed by atoms with E-state index < -0.39 is 0 Å². The first-order valence-corrected chi connectivity index (χ1v) is 11.4. The summed E-state index contributed by atoms with van der Waals surface area (Å²) in [6.45, 7) is 2.17. The molecule has 158 valence electrons. The molecule has 0 spiro atoms. The summed E-state index contributed by atoms with van der Waals surface area (Å²) >= 11 is 0. The van der Waals surface area contributed by atoms with Crippen LogP contribution in [0.1, 0.15) is 5.56 Å². The minimum atomic E-state index is 1.27. The second-order valence-corrected chi connectivity index (χ2v) is 8.27. The molecular formula is C33H26. The average molecular weight is 423 g/mol. The number of fused-ring (bicyclic) bond motifs is 2. The van der Waals surface area contributed by atoms with Gasteiger partial charge in [0.25, 0.3) is 0 Å². The average Bonchev–Trinajstić information content (AvgIpc) is 2.89. The Morgan fingerprint density at radius 1 is 0.333 bits per heavy atom. The third kappa shape index (κ3) is 4.56. The summed E-state index contributed by atoms with van der Waals surface area (Å²) in [7, 11) is 0. The number of rotatable bonds is 2. The van der Waals surface area contributed by atoms with Crippen molar-refractivity contribution in [3.63, 3.8) is 0 Å². The lowest BCUT2D eigenvalue weighted by molar-refractivity contribution is 1.46. The molecule has 33 heavy (non-hydrogen) atoms. The molecule has 0 aliphatic heterocycles. The van der Waals surface area contributed by atoms with Gasteiger partial charge >= 0.3 is 0 Å². The van der Waals surface area contributed by atoms with E-state index in [0.717, 1.165) is 0 Å². The van der Waals surface area contributed by atoms with Crippen molar-refractivity contribution in [1.82, 2.24) is 0 Å². The quantitative estimate of drug-likeness (QED) is 0.261. The van der Waals surface area contributed by atoms with Crippen molar-refractivity contribution in [3.8, 4) is 22.3 Å². The van der Waals surface area contributed by atoms with E-state index in [1.807, 2.05) is 0 Å². The van der Waals surface area contributed by atoms with E-state index in [1.54, 1.807) is 0 Å². The Balaban J connectivity index is 0.000000190. The number of hydrogen-bond acceptors (Lipinski definition) is 0. The van der Waals surface area contributed by atoms with Crippen LogP contribution in [0.15, 0.2) is 140 Å². The Morgan fingerprint density at radius 3 is 1.33 bits per heavy atom. The molecule has 0 aliphatic carbocycles. The van der Waals surface area contributed by atoms with E-state index in [1.165, 1.54) is 49.4 Å². The summed E-state index contributed by atoms with van der Waals surface area (Å²) in [6, 6.07) is 49.2. The monoisotopic (exact) mass is 422 g/mol. The summed E-state index contributed by atoms with van der Waals surface area (Å²) in [5.74, 6) is 0. The maximum Gasteiger partial charge on any atom is -0.0103 e. The largest absolute Gasteiger partial charge is 0.0620 e. The Hall–Kier alpha value is -4.16. The number of aryl methyl sites for hydroxylation is 1. The van der Waals surface area contributed by atoms with Gasteiger partial charge in [0.1, 0.15) is 0 Å². The molecule has 6 rings (SSSR count). The molecule has 0 N–H and O–H groups in total. The van der Waals surface area contributed by atoms with E-state index in [9.17, 15) is 0 Å². The Labute approximate surface area is 195 Å². The summed E-state index contributed by atoms with van der Waals surface area (Å²) < 4.78 is 0. The van der Waals surface area contributed by atoms with Gasteiger partial charge in [-0.05, 0) is 62.4 Å². The lowest BCUT2D eigenvalue weighted by Crippen LogP contribution is -1.87. The highest BCUT2D eigenvalue weighted by Gasteiger charge is 2.09. The zero-order chi connectivity index (χ0) is 22.5. The Bertz CT molecular complexity index is 1460. The zero-order valence-electron chi connectivity index (χ0n) is 18.8. The van der Waals surface area contributed by atoms with Gasteiger partial charge in [0.2, 0.25) is 0 Å². The van der Waals surface area contributed by atoms with Crippen molar-refractivity contribution >= 4 is 21.5 Å². The SMILES string of the molecule is Cc1ccccc1-c1ccccc1-c1ccc2ccccc2c1.c1ccc2ccccc2c1. The molecule has 0 heteroatoms. The lowest BCUT2D eigenvalue weighted by atomic mass is 9.91. The molecule has 0 atom stereocenters. The fourth-order valence-electron chi connectivity index (χ4n) is 4.33. The highest BCUT2D eigenvalue weighted by Crippen LogP contribution is 2.34. The molecule has 0 amide bonds. The first-order valence-electron chi connectivity index (χ1n) is 11.4. The minimum Gasteiger partial charge on any atom is -0.0620 e. The maximum absolute atomic E-state index is 2.28. The second-order valence-electron chi connectivity index (χ2n) is 8.27. The van der Waals surface area contributed by atoms with Gasteiger partial charge in [0.15, 0.2) is 0 Å². The van der Waals surface area contributed by atoms with Gasteiger partial charge in [-0.2, -0.15) is 0 Å². The predicted molar refractivity (Wildman–Crippen MR) is 144 cm³/mol. The zero-order valence-corrected chi connectivity index (χ0v) is 18.8. The van der Waals surface area contributed by atoms with Gasteiger partial charge in [-0.3, -0.25) is 0 Å². The van der Waals surface area contributed by atoms with Crippen molar-refractivity contribution in [3.05, 3.63) is 145 Å². The van der Waals surface area contributed by atoms with Gasteiger partial charge in [-0.1, -0.05) is 133 Å². The highest BCUT2D eigenvalue weighted by molar-refractivity contribution is 5.91. The van der Waals surface area contributed by atoms with Crippen LogP contribution in [0.25, 0.3) is 43.8 Å². The van der Waals surface area contributed by atoms with Crippen LogP contribution in [0, 0.1) is 6.92 Å². The van der Waals surface area contributed by atoms with Crippen molar-refractivity contribution in [2.75, 3.05) is 0 Å². The molecule has 0 aromatic heterocycles. The second kappa shape index (κ2) is 9.54. The number of hydrogen-bond donors (Lipinski definition) is 0. The van der Waals surface area contributed by atoms with Crippen molar-refractivity contribution in [2.24, 2.45) is 0 Å². The van der Waals surface area contributed by atoms with Gasteiger partial charge in [0.05, 0.1) is 0 Å². The fourth-order valence-corrected chi connectivity index (χ4v) is 4.33. The molecule has 0 saturated heterocycles. The highest BCUT2D eigenvalue weighted by atomic mass is 14.1. The van der Waals surface area contributed by atoms with E-state index >= 15 is 0 Å². The first-order chi connectivity index (χ1) is 16.3. The van der Waals surface area contributed by atoms with Crippen molar-refractivity contribution < 1.29 is 0 Å². The normalized spacial score (nSPS) is 10.6. The molecule has 0 radical (unpaired) electrons. The van der Waals surface area contributed by atoms with Crippen LogP contribution in [0.4, 0.5) is 0 Å². The third-order valence-corrected chi connectivity index (χ3v) is 6.08. The van der Waals surface area contributed by atoms with E-state index in [4.69, 9.17) is 0 Å². The molecule has 6 aromatic rings. The van der Waals surface area contributed by atoms with Crippen LogP contribution in [0.5, 0.6) is 0 Å². The summed E-state index contributed by atoms with van der Waals surface area (Å²) in [6.07, 6.45) is 0. The molecule has 0 saturated carbocycles.